The third-order valence-corrected chi connectivity index (χ3v) is 6.17. The van der Waals surface area contributed by atoms with Crippen LogP contribution in [0.3, 0.4) is 0 Å². The Kier molecular flexibility index (Phi) is 11.3. The maximum atomic E-state index is 13.2. The smallest absolute Gasteiger partial charge is 0.326 e. The second-order valence-electron chi connectivity index (χ2n) is 9.24. The molecule has 5 atom stereocenters. The second-order valence-corrected chi connectivity index (χ2v) is 9.24. The van der Waals surface area contributed by atoms with E-state index >= 15 is 0 Å². The summed E-state index contributed by atoms with van der Waals surface area (Å²) in [6, 6.07) is 1.50. The first kappa shape index (κ1) is 30.3. The number of nitrogens with zero attached hydrogens (tertiary/aromatic N) is 2. The van der Waals surface area contributed by atoms with Crippen molar-refractivity contribution >= 4 is 29.7 Å². The molecular weight excluding hydrogens is 498 g/mol. The first-order chi connectivity index (χ1) is 17.9. The average Bonchev–Trinajstić information content (AvgIpc) is 3.35. The molecule has 1 aliphatic rings. The van der Waals surface area contributed by atoms with E-state index < -0.39 is 54.0 Å². The van der Waals surface area contributed by atoms with Gasteiger partial charge in [0.15, 0.2) is 5.96 Å². The number of carboxylic acids is 1. The summed E-state index contributed by atoms with van der Waals surface area (Å²) in [5, 5.41) is 34.1. The Morgan fingerprint density at radius 1 is 1.13 bits per heavy atom. The fourth-order valence-corrected chi connectivity index (χ4v) is 4.14. The molecule has 11 N–H and O–H groups in total. The molecule has 1 saturated heterocycles. The Morgan fingerprint density at radius 3 is 2.37 bits per heavy atom. The number of aliphatic hydroxyl groups is 1. The van der Waals surface area contributed by atoms with Gasteiger partial charge in [-0.2, -0.15) is 0 Å². The van der Waals surface area contributed by atoms with Crippen LogP contribution in [0.15, 0.2) is 29.3 Å². The largest absolute Gasteiger partial charge is 0.508 e. The van der Waals surface area contributed by atoms with Gasteiger partial charge >= 0.3 is 5.97 Å². The molecule has 0 spiro atoms. The van der Waals surface area contributed by atoms with Crippen molar-refractivity contribution in [3.8, 4) is 5.75 Å². The summed E-state index contributed by atoms with van der Waals surface area (Å²) in [6.07, 6.45) is -0.0762. The highest BCUT2D eigenvalue weighted by molar-refractivity contribution is 5.94. The number of phenolic OH excluding ortho intramolecular Hbond substituents is 1. The summed E-state index contributed by atoms with van der Waals surface area (Å²) in [7, 11) is 0. The first-order valence-corrected chi connectivity index (χ1v) is 12.3. The number of benzene rings is 1. The molecule has 0 aliphatic carbocycles. The summed E-state index contributed by atoms with van der Waals surface area (Å²) in [5.74, 6) is -3.36. The van der Waals surface area contributed by atoms with Crippen molar-refractivity contribution in [2.75, 3.05) is 13.1 Å². The molecule has 3 amide bonds. The number of nitrogens with one attached hydrogen (secondary N) is 2. The number of aromatic hydroxyl groups is 1. The summed E-state index contributed by atoms with van der Waals surface area (Å²) in [5.41, 5.74) is 17.4. The van der Waals surface area contributed by atoms with Crippen molar-refractivity contribution < 1.29 is 34.5 Å². The monoisotopic (exact) mass is 535 g/mol. The highest BCUT2D eigenvalue weighted by Crippen LogP contribution is 2.19. The lowest BCUT2D eigenvalue weighted by Gasteiger charge is -2.30. The van der Waals surface area contributed by atoms with Gasteiger partial charge < -0.3 is 48.1 Å². The molecule has 1 heterocycles. The maximum absolute atomic E-state index is 13.2. The first-order valence-electron chi connectivity index (χ1n) is 12.3. The molecule has 2 rings (SSSR count). The van der Waals surface area contributed by atoms with Crippen molar-refractivity contribution in [3.63, 3.8) is 0 Å². The van der Waals surface area contributed by atoms with Crippen LogP contribution in [0, 0.1) is 0 Å². The molecule has 38 heavy (non-hydrogen) atoms. The Balaban J connectivity index is 2.14. The summed E-state index contributed by atoms with van der Waals surface area (Å²) >= 11 is 0. The highest BCUT2D eigenvalue weighted by Gasteiger charge is 2.40. The Bertz CT molecular complexity index is 1010. The third kappa shape index (κ3) is 8.88. The van der Waals surface area contributed by atoms with E-state index in [1.807, 2.05) is 0 Å². The van der Waals surface area contributed by atoms with Gasteiger partial charge in [0.05, 0.1) is 12.1 Å². The van der Waals surface area contributed by atoms with Gasteiger partial charge in [-0.05, 0) is 56.7 Å². The number of amides is 3. The molecule has 0 saturated carbocycles. The minimum Gasteiger partial charge on any atom is -0.508 e. The number of carbonyl (C=O) groups excluding carboxylic acids is 3. The number of hydrogen-bond donors (Lipinski definition) is 8. The summed E-state index contributed by atoms with van der Waals surface area (Å²) in [4.78, 5) is 55.6. The summed E-state index contributed by atoms with van der Waals surface area (Å²) in [6.45, 7) is 1.66. The second kappa shape index (κ2) is 14.1. The van der Waals surface area contributed by atoms with Crippen LogP contribution < -0.4 is 27.8 Å². The van der Waals surface area contributed by atoms with E-state index in [1.54, 1.807) is 12.1 Å². The lowest BCUT2D eigenvalue weighted by atomic mass is 10.0. The lowest BCUT2D eigenvalue weighted by molar-refractivity contribution is -0.150. The SMILES string of the molecule is CC(O)C(NC(=O)C(CCCN=C(N)N)NC(=O)C(N)Cc1ccc(O)cc1)C(=O)N1CCCC1C(=O)O. The van der Waals surface area contributed by atoms with Crippen molar-refractivity contribution in [3.05, 3.63) is 29.8 Å². The molecule has 14 heteroatoms. The normalized spacial score (nSPS) is 18.1. The van der Waals surface area contributed by atoms with Gasteiger partial charge in [-0.1, -0.05) is 12.1 Å². The predicted octanol–water partition coefficient (Wildman–Crippen LogP) is -2.26. The number of carbonyl (C=O) groups is 4. The van der Waals surface area contributed by atoms with E-state index in [-0.39, 0.29) is 44.1 Å². The number of carboxylic acid groups (broad SMARTS) is 1. The van der Waals surface area contributed by atoms with Crippen LogP contribution in [0.4, 0.5) is 0 Å². The zero-order chi connectivity index (χ0) is 28.4. The molecule has 1 aromatic carbocycles. The van der Waals surface area contributed by atoms with Crippen LogP contribution in [0.5, 0.6) is 5.75 Å². The molecule has 0 bridgehead atoms. The molecule has 210 valence electrons. The van der Waals surface area contributed by atoms with Crippen molar-refractivity contribution in [2.45, 2.75) is 69.3 Å². The number of aliphatic carboxylic acids is 1. The molecule has 1 aliphatic heterocycles. The van der Waals surface area contributed by atoms with Gasteiger partial charge in [0.1, 0.15) is 23.9 Å². The Morgan fingerprint density at radius 2 is 1.79 bits per heavy atom. The minimum atomic E-state index is -1.43. The molecule has 0 radical (unpaired) electrons. The average molecular weight is 536 g/mol. The number of likely N-dealkylation sites (tertiary alicyclic amines) is 1. The van der Waals surface area contributed by atoms with Crippen molar-refractivity contribution in [1.82, 2.24) is 15.5 Å². The van der Waals surface area contributed by atoms with Gasteiger partial charge in [0.2, 0.25) is 17.7 Å². The van der Waals surface area contributed by atoms with E-state index in [9.17, 15) is 34.5 Å². The van der Waals surface area contributed by atoms with Gasteiger partial charge in [0, 0.05) is 13.1 Å². The van der Waals surface area contributed by atoms with Crippen LogP contribution in [0.25, 0.3) is 0 Å². The van der Waals surface area contributed by atoms with E-state index in [1.165, 1.54) is 19.1 Å². The van der Waals surface area contributed by atoms with Crippen LogP contribution in [-0.4, -0.2) is 93.2 Å². The molecular formula is C24H37N7O7. The number of phenols is 1. The lowest BCUT2D eigenvalue weighted by Crippen LogP contribution is -2.60. The van der Waals surface area contributed by atoms with E-state index in [4.69, 9.17) is 17.2 Å². The predicted molar refractivity (Wildman–Crippen MR) is 138 cm³/mol. The number of rotatable bonds is 13. The van der Waals surface area contributed by atoms with Crippen molar-refractivity contribution in [2.24, 2.45) is 22.2 Å². The summed E-state index contributed by atoms with van der Waals surface area (Å²) < 4.78 is 0. The molecule has 1 fully saturated rings. The van der Waals surface area contributed by atoms with Gasteiger partial charge in [-0.15, -0.1) is 0 Å². The van der Waals surface area contributed by atoms with Gasteiger partial charge in [-0.25, -0.2) is 4.79 Å². The van der Waals surface area contributed by atoms with E-state index in [0.29, 0.717) is 18.4 Å². The molecule has 1 aromatic rings. The van der Waals surface area contributed by atoms with Crippen LogP contribution in [0.1, 0.15) is 38.2 Å². The van der Waals surface area contributed by atoms with Gasteiger partial charge in [0.25, 0.3) is 0 Å². The topological polar surface area (TPSA) is 247 Å². The van der Waals surface area contributed by atoms with E-state index in [0.717, 1.165) is 4.90 Å². The van der Waals surface area contributed by atoms with Crippen molar-refractivity contribution in [1.29, 1.82) is 0 Å². The molecule has 14 nitrogen and oxygen atoms in total. The number of guanidine groups is 1. The number of aliphatic imine (C=N–C) groups is 1. The zero-order valence-corrected chi connectivity index (χ0v) is 21.2. The fraction of sp³-hybridized carbons (Fsp3) is 0.542. The number of hydrogen-bond acceptors (Lipinski definition) is 8. The molecule has 0 aromatic heterocycles. The van der Waals surface area contributed by atoms with E-state index in [2.05, 4.69) is 15.6 Å². The van der Waals surface area contributed by atoms with Crippen LogP contribution in [-0.2, 0) is 25.6 Å². The highest BCUT2D eigenvalue weighted by atomic mass is 16.4. The fourth-order valence-electron chi connectivity index (χ4n) is 4.14. The zero-order valence-electron chi connectivity index (χ0n) is 21.2. The Hall–Kier alpha value is -3.91. The number of aliphatic hydroxyl groups excluding tert-OH is 1. The minimum absolute atomic E-state index is 0.0649. The number of nitrogens with two attached hydrogens (primary N) is 3. The Labute approximate surface area is 220 Å². The quantitative estimate of drug-likeness (QED) is 0.0765. The van der Waals surface area contributed by atoms with Crippen LogP contribution in [0.2, 0.25) is 0 Å². The third-order valence-electron chi connectivity index (χ3n) is 6.17. The van der Waals surface area contributed by atoms with Gasteiger partial charge in [-0.3, -0.25) is 19.4 Å². The molecule has 5 unspecified atom stereocenters. The maximum Gasteiger partial charge on any atom is 0.326 e. The van der Waals surface area contributed by atoms with Crippen LogP contribution >= 0.6 is 0 Å². The standard InChI is InChI=1S/C24H37N7O7/c1-13(32)19(22(36)31-11-3-5-18(31)23(37)38)30-21(35)17(4-2-10-28-24(26)27)29-20(34)16(25)12-14-6-8-15(33)9-7-14/h6-9,13,16-19,32-33H,2-5,10-12,25H2,1H3,(H,29,34)(H,30,35)(H,37,38)(H4,26,27,28).